The van der Waals surface area contributed by atoms with Crippen molar-refractivity contribution in [3.63, 3.8) is 0 Å². The molecule has 0 aliphatic rings. The average molecular weight is 398 g/mol. The number of aromatic amines is 1. The lowest BCUT2D eigenvalue weighted by atomic mass is 10.3. The summed E-state index contributed by atoms with van der Waals surface area (Å²) >= 11 is 4.54. The van der Waals surface area contributed by atoms with E-state index >= 15 is 0 Å². The number of ether oxygens (including phenoxy) is 1. The maximum Gasteiger partial charge on any atom is 0.251 e. The van der Waals surface area contributed by atoms with Gasteiger partial charge in [0.05, 0.1) is 17.6 Å². The van der Waals surface area contributed by atoms with Crippen LogP contribution in [0.1, 0.15) is 12.6 Å². The summed E-state index contributed by atoms with van der Waals surface area (Å²) in [5.74, 6) is -0.173. The first kappa shape index (κ1) is 17.7. The molecular weight excluding hydrogens is 382 g/mol. The average Bonchev–Trinajstić information content (AvgIpc) is 2.46. The van der Waals surface area contributed by atoms with Gasteiger partial charge in [-0.2, -0.15) is 0 Å². The molecule has 0 saturated heterocycles. The van der Waals surface area contributed by atoms with Crippen LogP contribution < -0.4 is 10.9 Å². The molecule has 8 heteroatoms. The molecule has 2 aromatic rings. The minimum atomic E-state index is -0.421. The summed E-state index contributed by atoms with van der Waals surface area (Å²) in [5.41, 5.74) is 0.957. The molecule has 23 heavy (non-hydrogen) atoms. The van der Waals surface area contributed by atoms with Crippen molar-refractivity contribution < 1.29 is 9.53 Å². The Labute approximate surface area is 146 Å². The fourth-order valence-electron chi connectivity index (χ4n) is 1.79. The van der Waals surface area contributed by atoms with E-state index in [0.717, 1.165) is 4.47 Å². The molecule has 6 nitrogen and oxygen atoms in total. The van der Waals surface area contributed by atoms with Crippen LogP contribution in [-0.2, 0) is 16.1 Å². The normalized spacial score (nSPS) is 12.0. The van der Waals surface area contributed by atoms with Crippen molar-refractivity contribution in [2.75, 3.05) is 12.4 Å². The van der Waals surface area contributed by atoms with Crippen molar-refractivity contribution in [1.82, 2.24) is 9.97 Å². The zero-order chi connectivity index (χ0) is 16.8. The molecule has 0 spiro atoms. The van der Waals surface area contributed by atoms with Gasteiger partial charge in [-0.15, -0.1) is 0 Å². The lowest BCUT2D eigenvalue weighted by Crippen LogP contribution is -2.23. The zero-order valence-electron chi connectivity index (χ0n) is 12.6. The van der Waals surface area contributed by atoms with Gasteiger partial charge >= 0.3 is 0 Å². The predicted molar refractivity (Wildman–Crippen MR) is 93.7 cm³/mol. The number of carbonyl (C=O) groups excluding carboxylic acids is 1. The number of carbonyl (C=O) groups is 1. The number of nitrogens with one attached hydrogen (secondary N) is 2. The Morgan fingerprint density at radius 1 is 1.48 bits per heavy atom. The van der Waals surface area contributed by atoms with Crippen LogP contribution in [0, 0.1) is 0 Å². The first-order valence-corrected chi connectivity index (χ1v) is 8.47. The second-order valence-electron chi connectivity index (χ2n) is 4.73. The van der Waals surface area contributed by atoms with Crippen molar-refractivity contribution in [3.8, 4) is 0 Å². The van der Waals surface area contributed by atoms with E-state index < -0.39 is 5.25 Å². The van der Waals surface area contributed by atoms with E-state index in [1.54, 1.807) is 13.0 Å². The van der Waals surface area contributed by atoms with Gasteiger partial charge in [0.25, 0.3) is 5.56 Å². The van der Waals surface area contributed by atoms with Gasteiger partial charge in [0.15, 0.2) is 5.16 Å². The minimum absolute atomic E-state index is 0.173. The Morgan fingerprint density at radius 3 is 2.96 bits per heavy atom. The van der Waals surface area contributed by atoms with Crippen LogP contribution in [-0.4, -0.2) is 28.2 Å². The van der Waals surface area contributed by atoms with Gasteiger partial charge in [0.2, 0.25) is 5.91 Å². The standard InChI is InChI=1S/C15H16BrN3O3S/c1-9(14(21)17-11-5-3-4-10(16)6-11)23-15-18-12(8-22-2)7-13(20)19-15/h3-7,9H,8H2,1-2H3,(H,17,21)(H,18,19,20). The Kier molecular flexibility index (Phi) is 6.37. The zero-order valence-corrected chi connectivity index (χ0v) is 15.0. The third-order valence-corrected chi connectivity index (χ3v) is 4.29. The molecule has 2 rings (SSSR count). The summed E-state index contributed by atoms with van der Waals surface area (Å²) in [4.78, 5) is 30.7. The predicted octanol–water partition coefficient (Wildman–Crippen LogP) is 2.80. The first-order chi connectivity index (χ1) is 11.0. The Balaban J connectivity index is 2.04. The molecule has 1 unspecified atom stereocenters. The highest BCUT2D eigenvalue weighted by Gasteiger charge is 2.16. The lowest BCUT2D eigenvalue weighted by molar-refractivity contribution is -0.115. The molecule has 1 aromatic carbocycles. The number of amides is 1. The number of thioether (sulfide) groups is 1. The molecular formula is C15H16BrN3O3S. The molecule has 122 valence electrons. The van der Waals surface area contributed by atoms with Gasteiger partial charge in [0.1, 0.15) is 0 Å². The highest BCUT2D eigenvalue weighted by Crippen LogP contribution is 2.21. The number of methoxy groups -OCH3 is 1. The number of hydrogen-bond donors (Lipinski definition) is 2. The van der Waals surface area contributed by atoms with E-state index in [0.29, 0.717) is 16.5 Å². The van der Waals surface area contributed by atoms with Gasteiger partial charge in [0, 0.05) is 23.3 Å². The third-order valence-electron chi connectivity index (χ3n) is 2.81. The van der Waals surface area contributed by atoms with E-state index in [-0.39, 0.29) is 18.1 Å². The quantitative estimate of drug-likeness (QED) is 0.578. The number of hydrogen-bond acceptors (Lipinski definition) is 5. The molecule has 0 saturated carbocycles. The molecule has 0 aliphatic heterocycles. The number of H-pyrrole nitrogens is 1. The third kappa shape index (κ3) is 5.49. The van der Waals surface area contributed by atoms with E-state index in [1.807, 2.05) is 18.2 Å². The maximum absolute atomic E-state index is 12.2. The number of anilines is 1. The Bertz CT molecular complexity index is 751. The van der Waals surface area contributed by atoms with Crippen LogP contribution in [0.5, 0.6) is 0 Å². The van der Waals surface area contributed by atoms with E-state index in [1.165, 1.54) is 24.9 Å². The fraction of sp³-hybridized carbons (Fsp3) is 0.267. The molecule has 1 atom stereocenters. The van der Waals surface area contributed by atoms with E-state index in [2.05, 4.69) is 31.2 Å². The van der Waals surface area contributed by atoms with E-state index in [4.69, 9.17) is 4.74 Å². The molecule has 1 aromatic heterocycles. The molecule has 1 amide bonds. The highest BCUT2D eigenvalue weighted by molar-refractivity contribution is 9.10. The second-order valence-corrected chi connectivity index (χ2v) is 6.98. The topological polar surface area (TPSA) is 84.1 Å². The number of aromatic nitrogens is 2. The number of benzene rings is 1. The Morgan fingerprint density at radius 2 is 2.26 bits per heavy atom. The SMILES string of the molecule is COCc1cc(=O)[nH]c(SC(C)C(=O)Nc2cccc(Br)c2)n1. The molecule has 0 bridgehead atoms. The van der Waals surface area contributed by atoms with Crippen molar-refractivity contribution in [2.24, 2.45) is 0 Å². The van der Waals surface area contributed by atoms with Crippen LogP contribution in [0.2, 0.25) is 0 Å². The van der Waals surface area contributed by atoms with Gasteiger partial charge in [-0.25, -0.2) is 4.98 Å². The summed E-state index contributed by atoms with van der Waals surface area (Å²) in [6, 6.07) is 8.71. The first-order valence-electron chi connectivity index (χ1n) is 6.80. The van der Waals surface area contributed by atoms with Crippen molar-refractivity contribution in [3.05, 3.63) is 50.9 Å². The summed E-state index contributed by atoms with van der Waals surface area (Å²) in [5, 5.41) is 2.79. The maximum atomic E-state index is 12.2. The minimum Gasteiger partial charge on any atom is -0.378 e. The van der Waals surface area contributed by atoms with Crippen molar-refractivity contribution in [2.45, 2.75) is 23.9 Å². The molecule has 1 heterocycles. The molecule has 0 radical (unpaired) electrons. The van der Waals surface area contributed by atoms with Crippen LogP contribution in [0.15, 0.2) is 44.8 Å². The summed E-state index contributed by atoms with van der Waals surface area (Å²) in [7, 11) is 1.53. The highest BCUT2D eigenvalue weighted by atomic mass is 79.9. The smallest absolute Gasteiger partial charge is 0.251 e. The van der Waals surface area contributed by atoms with Crippen LogP contribution in [0.25, 0.3) is 0 Å². The monoisotopic (exact) mass is 397 g/mol. The largest absolute Gasteiger partial charge is 0.378 e. The molecule has 0 aliphatic carbocycles. The Hall–Kier alpha value is -1.64. The van der Waals surface area contributed by atoms with Gasteiger partial charge in [-0.3, -0.25) is 9.59 Å². The van der Waals surface area contributed by atoms with Crippen molar-refractivity contribution >= 4 is 39.3 Å². The summed E-state index contributed by atoms with van der Waals surface area (Å²) < 4.78 is 5.86. The molecule has 2 N–H and O–H groups in total. The van der Waals surface area contributed by atoms with Crippen LogP contribution in [0.4, 0.5) is 5.69 Å². The van der Waals surface area contributed by atoms with Gasteiger partial charge in [-0.05, 0) is 25.1 Å². The molecule has 0 fully saturated rings. The number of halogens is 1. The van der Waals surface area contributed by atoms with Gasteiger partial charge < -0.3 is 15.0 Å². The second kappa shape index (κ2) is 8.28. The summed E-state index contributed by atoms with van der Waals surface area (Å²) in [6.07, 6.45) is 0. The van der Waals surface area contributed by atoms with Crippen LogP contribution in [0.3, 0.4) is 0 Å². The summed E-state index contributed by atoms with van der Waals surface area (Å²) in [6.45, 7) is 2.00. The lowest BCUT2D eigenvalue weighted by Gasteiger charge is -2.12. The number of nitrogens with zero attached hydrogens (tertiary/aromatic N) is 1. The van der Waals surface area contributed by atoms with Gasteiger partial charge in [-0.1, -0.05) is 33.8 Å². The van der Waals surface area contributed by atoms with Crippen LogP contribution >= 0.6 is 27.7 Å². The van der Waals surface area contributed by atoms with E-state index in [9.17, 15) is 9.59 Å². The number of rotatable bonds is 6. The van der Waals surface area contributed by atoms with Crippen molar-refractivity contribution in [1.29, 1.82) is 0 Å². The fourth-order valence-corrected chi connectivity index (χ4v) is 3.02.